The van der Waals surface area contributed by atoms with E-state index < -0.39 is 12.1 Å². The van der Waals surface area contributed by atoms with Crippen LogP contribution < -0.4 is 5.32 Å². The maximum Gasteiger partial charge on any atom is 0.349 e. The van der Waals surface area contributed by atoms with E-state index in [0.29, 0.717) is 10.4 Å². The molecule has 1 atom stereocenters. The summed E-state index contributed by atoms with van der Waals surface area (Å²) in [5.41, 5.74) is 0.347. The Morgan fingerprint density at radius 1 is 1.32 bits per heavy atom. The van der Waals surface area contributed by atoms with Crippen molar-refractivity contribution in [3.05, 3.63) is 44.8 Å². The van der Waals surface area contributed by atoms with Crippen LogP contribution in [0.5, 0.6) is 0 Å². The van der Waals surface area contributed by atoms with Crippen molar-refractivity contribution in [3.8, 4) is 0 Å². The molecule has 0 aliphatic heterocycles. The predicted octanol–water partition coefficient (Wildman–Crippen LogP) is 4.01. The number of esters is 1. The molecule has 2 heterocycles. The average molecular weight is 337 g/mol. The molecule has 1 N–H and O–H groups in total. The number of hydrogen-bond donors (Lipinski definition) is 1. The van der Waals surface area contributed by atoms with E-state index in [0.717, 1.165) is 6.42 Å². The lowest BCUT2D eigenvalue weighted by Crippen LogP contribution is -2.45. The fraction of sp³-hybridized carbons (Fsp3) is 0.375. The highest BCUT2D eigenvalue weighted by Gasteiger charge is 2.30. The number of nitrogens with one attached hydrogen (secondary N) is 1. The number of thiophene rings is 2. The summed E-state index contributed by atoms with van der Waals surface area (Å²) in [6.07, 6.45) is -0.139. The lowest BCUT2D eigenvalue weighted by Gasteiger charge is -2.27. The van der Waals surface area contributed by atoms with E-state index in [9.17, 15) is 9.59 Å². The summed E-state index contributed by atoms with van der Waals surface area (Å²) in [6.45, 7) is 5.88. The van der Waals surface area contributed by atoms with E-state index in [1.54, 1.807) is 23.6 Å². The molecule has 6 heteroatoms. The van der Waals surface area contributed by atoms with Gasteiger partial charge >= 0.3 is 5.97 Å². The van der Waals surface area contributed by atoms with Gasteiger partial charge in [0.25, 0.3) is 5.91 Å². The SMILES string of the molecule is CCC(C)(C)NC(=O)[C@@H](OC(=O)c1cccs1)c1ccsc1. The van der Waals surface area contributed by atoms with Crippen molar-refractivity contribution >= 4 is 34.6 Å². The zero-order chi connectivity index (χ0) is 16.2. The van der Waals surface area contributed by atoms with E-state index in [1.165, 1.54) is 22.7 Å². The van der Waals surface area contributed by atoms with Gasteiger partial charge in [-0.15, -0.1) is 11.3 Å². The molecule has 0 bridgehead atoms. The van der Waals surface area contributed by atoms with Gasteiger partial charge in [0.1, 0.15) is 4.88 Å². The zero-order valence-corrected chi connectivity index (χ0v) is 14.4. The molecular weight excluding hydrogens is 318 g/mol. The van der Waals surface area contributed by atoms with Crippen molar-refractivity contribution in [1.82, 2.24) is 5.32 Å². The minimum Gasteiger partial charge on any atom is -0.443 e. The summed E-state index contributed by atoms with van der Waals surface area (Å²) >= 11 is 2.76. The van der Waals surface area contributed by atoms with Gasteiger partial charge < -0.3 is 10.1 Å². The number of carbonyl (C=O) groups is 2. The van der Waals surface area contributed by atoms with Gasteiger partial charge in [-0.2, -0.15) is 11.3 Å². The molecule has 2 aromatic rings. The van der Waals surface area contributed by atoms with Gasteiger partial charge in [-0.25, -0.2) is 4.79 Å². The zero-order valence-electron chi connectivity index (χ0n) is 12.8. The van der Waals surface area contributed by atoms with Gasteiger partial charge in [0.2, 0.25) is 6.10 Å². The van der Waals surface area contributed by atoms with Gasteiger partial charge in [-0.05, 0) is 48.5 Å². The standard InChI is InChI=1S/C16H19NO3S2/c1-4-16(2,3)17-14(18)13(11-7-9-21-10-11)20-15(19)12-6-5-8-22-12/h5-10,13H,4H2,1-3H3,(H,17,18)/t13-/m0/s1. The lowest BCUT2D eigenvalue weighted by molar-refractivity contribution is -0.132. The maximum atomic E-state index is 12.5. The molecule has 118 valence electrons. The van der Waals surface area contributed by atoms with Crippen LogP contribution in [0.25, 0.3) is 0 Å². The molecule has 0 spiro atoms. The largest absolute Gasteiger partial charge is 0.443 e. The van der Waals surface area contributed by atoms with Gasteiger partial charge in [0.05, 0.1) is 0 Å². The molecule has 0 aliphatic rings. The smallest absolute Gasteiger partial charge is 0.349 e. The summed E-state index contributed by atoms with van der Waals surface area (Å²) in [6, 6.07) is 5.27. The van der Waals surface area contributed by atoms with Crippen LogP contribution in [0.4, 0.5) is 0 Å². The topological polar surface area (TPSA) is 55.4 Å². The first kappa shape index (κ1) is 16.7. The Morgan fingerprint density at radius 2 is 2.09 bits per heavy atom. The molecule has 0 aromatic carbocycles. The van der Waals surface area contributed by atoms with Crippen LogP contribution in [-0.2, 0) is 9.53 Å². The first-order valence-corrected chi connectivity index (χ1v) is 8.84. The van der Waals surface area contributed by atoms with Crippen molar-refractivity contribution in [3.63, 3.8) is 0 Å². The molecule has 0 aliphatic carbocycles. The fourth-order valence-electron chi connectivity index (χ4n) is 1.74. The third kappa shape index (κ3) is 4.18. The van der Waals surface area contributed by atoms with Crippen LogP contribution in [0.1, 0.15) is 48.5 Å². The normalized spacial score (nSPS) is 12.7. The highest BCUT2D eigenvalue weighted by molar-refractivity contribution is 7.12. The summed E-state index contributed by atoms with van der Waals surface area (Å²) in [5, 5.41) is 8.42. The highest BCUT2D eigenvalue weighted by atomic mass is 32.1. The Balaban J connectivity index is 2.17. The number of amides is 1. The quantitative estimate of drug-likeness (QED) is 0.810. The molecule has 1 amide bonds. The molecule has 2 rings (SSSR count). The van der Waals surface area contributed by atoms with Gasteiger partial charge in [-0.1, -0.05) is 13.0 Å². The molecule has 0 saturated carbocycles. The summed E-state index contributed by atoms with van der Waals surface area (Å²) in [4.78, 5) is 25.2. The number of ether oxygens (including phenoxy) is 1. The van der Waals surface area contributed by atoms with E-state index >= 15 is 0 Å². The van der Waals surface area contributed by atoms with Crippen LogP contribution in [0, 0.1) is 0 Å². The van der Waals surface area contributed by atoms with Crippen molar-refractivity contribution < 1.29 is 14.3 Å². The first-order chi connectivity index (χ1) is 10.4. The molecule has 22 heavy (non-hydrogen) atoms. The van der Waals surface area contributed by atoms with Gasteiger partial charge in [0.15, 0.2) is 0 Å². The summed E-state index contributed by atoms with van der Waals surface area (Å²) in [5.74, 6) is -0.772. The lowest BCUT2D eigenvalue weighted by atomic mass is 10.0. The maximum absolute atomic E-state index is 12.5. The minimum absolute atomic E-state index is 0.296. The second-order valence-corrected chi connectivity index (χ2v) is 7.27. The molecule has 0 radical (unpaired) electrons. The Kier molecular flexibility index (Phi) is 5.37. The molecule has 0 unspecified atom stereocenters. The first-order valence-electron chi connectivity index (χ1n) is 7.01. The third-order valence-corrected chi connectivity index (χ3v) is 4.93. The van der Waals surface area contributed by atoms with Gasteiger partial charge in [0, 0.05) is 11.1 Å². The predicted molar refractivity (Wildman–Crippen MR) is 89.3 cm³/mol. The fourth-order valence-corrected chi connectivity index (χ4v) is 3.02. The third-order valence-electron chi connectivity index (χ3n) is 3.38. The van der Waals surface area contributed by atoms with Crippen LogP contribution >= 0.6 is 22.7 Å². The van der Waals surface area contributed by atoms with Crippen LogP contribution in [0.15, 0.2) is 34.3 Å². The van der Waals surface area contributed by atoms with Crippen LogP contribution in [0.2, 0.25) is 0 Å². The Bertz CT molecular complexity index is 618. The van der Waals surface area contributed by atoms with Crippen molar-refractivity contribution in [2.75, 3.05) is 0 Å². The molecule has 0 fully saturated rings. The monoisotopic (exact) mass is 337 g/mol. The number of hydrogen-bond acceptors (Lipinski definition) is 5. The number of rotatable bonds is 6. The molecular formula is C16H19NO3S2. The van der Waals surface area contributed by atoms with E-state index in [2.05, 4.69) is 5.32 Å². The molecule has 0 saturated heterocycles. The van der Waals surface area contributed by atoms with E-state index in [4.69, 9.17) is 4.74 Å². The van der Waals surface area contributed by atoms with Crippen LogP contribution in [-0.4, -0.2) is 17.4 Å². The second-order valence-electron chi connectivity index (χ2n) is 5.55. The summed E-state index contributed by atoms with van der Waals surface area (Å²) < 4.78 is 5.46. The highest BCUT2D eigenvalue weighted by Crippen LogP contribution is 2.24. The summed E-state index contributed by atoms with van der Waals surface area (Å²) in [7, 11) is 0. The second kappa shape index (κ2) is 7.07. The van der Waals surface area contributed by atoms with E-state index in [1.807, 2.05) is 31.5 Å². The van der Waals surface area contributed by atoms with E-state index in [-0.39, 0.29) is 11.4 Å². The Morgan fingerprint density at radius 3 is 2.64 bits per heavy atom. The number of carbonyl (C=O) groups excluding carboxylic acids is 2. The minimum atomic E-state index is -0.924. The van der Waals surface area contributed by atoms with Crippen molar-refractivity contribution in [1.29, 1.82) is 0 Å². The molecule has 2 aromatic heterocycles. The van der Waals surface area contributed by atoms with Crippen molar-refractivity contribution in [2.45, 2.75) is 38.8 Å². The molecule has 4 nitrogen and oxygen atoms in total. The Labute approximate surface area is 138 Å². The van der Waals surface area contributed by atoms with Crippen molar-refractivity contribution in [2.24, 2.45) is 0 Å². The van der Waals surface area contributed by atoms with Gasteiger partial charge in [-0.3, -0.25) is 4.79 Å². The van der Waals surface area contributed by atoms with Crippen LogP contribution in [0.3, 0.4) is 0 Å². The Hall–Kier alpha value is -1.66. The average Bonchev–Trinajstić information content (AvgIpc) is 3.16.